The molecule has 0 unspecified atom stereocenters. The van der Waals surface area contributed by atoms with E-state index in [0.29, 0.717) is 36.9 Å². The summed E-state index contributed by atoms with van der Waals surface area (Å²) in [6, 6.07) is 7.15. The van der Waals surface area contributed by atoms with E-state index in [4.69, 9.17) is 4.74 Å². The zero-order valence-electron chi connectivity index (χ0n) is 18.0. The maximum atomic E-state index is 14.6. The molecule has 0 bridgehead atoms. The Morgan fingerprint density at radius 2 is 1.88 bits per heavy atom. The monoisotopic (exact) mass is 445 g/mol. The number of methoxy groups -OCH3 is 1. The molecule has 0 saturated heterocycles. The van der Waals surface area contributed by atoms with Gasteiger partial charge in [-0.15, -0.1) is 0 Å². The molecule has 8 heteroatoms. The number of alkyl halides is 2. The average molecular weight is 445 g/mol. The number of nitrogens with zero attached hydrogens (tertiary/aromatic N) is 2. The van der Waals surface area contributed by atoms with Gasteiger partial charge in [-0.25, -0.2) is 13.2 Å². The van der Waals surface area contributed by atoms with E-state index in [1.807, 2.05) is 6.07 Å². The minimum absolute atomic E-state index is 0.164. The van der Waals surface area contributed by atoms with Gasteiger partial charge in [-0.2, -0.15) is 0 Å². The van der Waals surface area contributed by atoms with Gasteiger partial charge in [0.1, 0.15) is 11.4 Å². The van der Waals surface area contributed by atoms with E-state index in [0.717, 1.165) is 17.1 Å². The lowest BCUT2D eigenvalue weighted by Gasteiger charge is -2.37. The summed E-state index contributed by atoms with van der Waals surface area (Å²) in [6.07, 6.45) is 2.63. The highest BCUT2D eigenvalue weighted by atomic mass is 19.3. The van der Waals surface area contributed by atoms with Gasteiger partial charge in [0, 0.05) is 29.9 Å². The zero-order valence-corrected chi connectivity index (χ0v) is 18.0. The first-order chi connectivity index (χ1) is 15.3. The van der Waals surface area contributed by atoms with Gasteiger partial charge in [0.25, 0.3) is 6.43 Å². The third-order valence-electron chi connectivity index (χ3n) is 6.38. The summed E-state index contributed by atoms with van der Waals surface area (Å²) in [5.41, 5.74) is 1.04. The number of nitrogens with one attached hydrogen (secondary N) is 1. The molecule has 2 heterocycles. The van der Waals surface area contributed by atoms with Crippen LogP contribution in [-0.4, -0.2) is 28.3 Å². The first-order valence-electron chi connectivity index (χ1n) is 10.7. The smallest absolute Gasteiger partial charge is 0.266 e. The van der Waals surface area contributed by atoms with E-state index in [1.54, 1.807) is 32.5 Å². The van der Waals surface area contributed by atoms with Crippen LogP contribution < -0.4 is 5.32 Å². The Balaban J connectivity index is 1.69. The van der Waals surface area contributed by atoms with Gasteiger partial charge in [-0.1, -0.05) is 18.2 Å². The van der Waals surface area contributed by atoms with Crippen molar-refractivity contribution < 1.29 is 23.0 Å². The molecule has 0 aliphatic heterocycles. The Kier molecular flexibility index (Phi) is 6.35. The molecule has 1 atom stereocenters. The Labute approximate surface area is 184 Å². The summed E-state index contributed by atoms with van der Waals surface area (Å²) in [5, 5.41) is 13.9. The number of aliphatic hydroxyl groups is 1. The van der Waals surface area contributed by atoms with E-state index in [2.05, 4.69) is 15.3 Å². The van der Waals surface area contributed by atoms with E-state index in [1.165, 1.54) is 12.1 Å². The lowest BCUT2D eigenvalue weighted by molar-refractivity contribution is -0.0717. The number of hydrogen-bond acceptors (Lipinski definition) is 5. The lowest BCUT2D eigenvalue weighted by Crippen LogP contribution is -2.36. The molecule has 1 fully saturated rings. The van der Waals surface area contributed by atoms with Crippen LogP contribution in [0.2, 0.25) is 0 Å². The number of aliphatic hydroxyl groups excluding tert-OH is 1. The van der Waals surface area contributed by atoms with Crippen molar-refractivity contribution in [1.29, 1.82) is 0 Å². The van der Waals surface area contributed by atoms with Crippen molar-refractivity contribution in [2.75, 3.05) is 12.4 Å². The fourth-order valence-corrected chi connectivity index (χ4v) is 4.44. The fraction of sp³-hybridized carbons (Fsp3) is 0.417. The van der Waals surface area contributed by atoms with Gasteiger partial charge in [0.15, 0.2) is 0 Å². The third-order valence-corrected chi connectivity index (χ3v) is 6.38. The zero-order chi connectivity index (χ0) is 22.9. The number of ether oxygens (including phenoxy) is 1. The third kappa shape index (κ3) is 4.17. The summed E-state index contributed by atoms with van der Waals surface area (Å²) >= 11 is 0. The van der Waals surface area contributed by atoms with Crippen molar-refractivity contribution >= 4 is 16.6 Å². The molecule has 1 aromatic carbocycles. The normalized spacial score (nSPS) is 22.3. The van der Waals surface area contributed by atoms with Crippen LogP contribution >= 0.6 is 0 Å². The fourth-order valence-electron chi connectivity index (χ4n) is 4.44. The van der Waals surface area contributed by atoms with E-state index in [9.17, 15) is 18.3 Å². The van der Waals surface area contributed by atoms with Crippen LogP contribution in [0.4, 0.5) is 18.9 Å². The molecule has 5 nitrogen and oxygen atoms in total. The van der Waals surface area contributed by atoms with Crippen LogP contribution in [0.15, 0.2) is 42.7 Å². The maximum absolute atomic E-state index is 14.6. The number of hydrogen-bond donors (Lipinski definition) is 2. The maximum Gasteiger partial charge on any atom is 0.266 e. The number of fused-ring (bicyclic) bond motifs is 1. The van der Waals surface area contributed by atoms with Gasteiger partial charge >= 0.3 is 0 Å². The first-order valence-corrected chi connectivity index (χ1v) is 10.7. The predicted octanol–water partition coefficient (Wildman–Crippen LogP) is 5.66. The van der Waals surface area contributed by atoms with Gasteiger partial charge < -0.3 is 15.2 Å². The largest absolute Gasteiger partial charge is 0.393 e. The lowest BCUT2D eigenvalue weighted by atomic mass is 9.80. The molecule has 4 rings (SSSR count). The molecule has 1 aliphatic carbocycles. The van der Waals surface area contributed by atoms with Gasteiger partial charge in [-0.05, 0) is 44.7 Å². The predicted molar refractivity (Wildman–Crippen MR) is 116 cm³/mol. The van der Waals surface area contributed by atoms with Crippen LogP contribution in [0, 0.1) is 5.82 Å². The van der Waals surface area contributed by atoms with Crippen LogP contribution in [0.1, 0.15) is 61.9 Å². The number of anilines is 1. The molecule has 32 heavy (non-hydrogen) atoms. The van der Waals surface area contributed by atoms with Crippen molar-refractivity contribution in [3.63, 3.8) is 0 Å². The van der Waals surface area contributed by atoms with Crippen molar-refractivity contribution in [3.8, 4) is 0 Å². The highest BCUT2D eigenvalue weighted by Gasteiger charge is 2.38. The summed E-state index contributed by atoms with van der Waals surface area (Å²) in [7, 11) is 1.65. The molecule has 1 saturated carbocycles. The molecule has 2 aromatic heterocycles. The number of pyridine rings is 2. The average Bonchev–Trinajstić information content (AvgIpc) is 2.79. The second-order valence-corrected chi connectivity index (χ2v) is 8.29. The molecule has 170 valence electrons. The van der Waals surface area contributed by atoms with Crippen molar-refractivity contribution in [1.82, 2.24) is 9.97 Å². The van der Waals surface area contributed by atoms with Gasteiger partial charge in [-0.3, -0.25) is 9.97 Å². The molecular formula is C24H26F3N3O2. The van der Waals surface area contributed by atoms with Gasteiger partial charge in [0.2, 0.25) is 0 Å². The van der Waals surface area contributed by atoms with Crippen LogP contribution in [0.3, 0.4) is 0 Å². The molecule has 0 amide bonds. The molecular weight excluding hydrogens is 419 g/mol. The summed E-state index contributed by atoms with van der Waals surface area (Å²) in [4.78, 5) is 8.95. The molecule has 3 aromatic rings. The standard InChI is InChI=1S/C24H26F3N3O2/c1-14(16-4-3-5-17(22(16)25)23(26)27)30-19-8-11-28-20-13-29-21(12-18(19)20)24(32-2)9-6-15(31)7-10-24/h3-5,8,11-15,23,31H,6-7,9-10H2,1-2H3,(H,28,30)/t14-,15?,24?/m1/s1. The molecule has 0 spiro atoms. The van der Waals surface area contributed by atoms with Crippen molar-refractivity contribution in [2.24, 2.45) is 0 Å². The minimum atomic E-state index is -2.88. The number of halogens is 3. The highest BCUT2D eigenvalue weighted by Crippen LogP contribution is 2.40. The van der Waals surface area contributed by atoms with E-state index < -0.39 is 29.4 Å². The Morgan fingerprint density at radius 3 is 2.56 bits per heavy atom. The molecule has 0 radical (unpaired) electrons. The van der Waals surface area contributed by atoms with Crippen LogP contribution in [0.25, 0.3) is 10.9 Å². The molecule has 1 aliphatic rings. The number of benzene rings is 1. The van der Waals surface area contributed by atoms with Crippen LogP contribution in [0.5, 0.6) is 0 Å². The highest BCUT2D eigenvalue weighted by molar-refractivity contribution is 5.91. The second kappa shape index (κ2) is 9.03. The number of rotatable bonds is 6. The number of aromatic nitrogens is 2. The second-order valence-electron chi connectivity index (χ2n) is 8.29. The van der Waals surface area contributed by atoms with E-state index >= 15 is 0 Å². The first kappa shape index (κ1) is 22.5. The van der Waals surface area contributed by atoms with Gasteiger partial charge in [0.05, 0.1) is 35.1 Å². The molecule has 2 N–H and O–H groups in total. The van der Waals surface area contributed by atoms with Crippen molar-refractivity contribution in [3.05, 3.63) is 65.4 Å². The Morgan fingerprint density at radius 1 is 1.16 bits per heavy atom. The quantitative estimate of drug-likeness (QED) is 0.513. The SMILES string of the molecule is COC1(c2cc3c(N[C@H](C)c4cccc(C(F)F)c4F)ccnc3cn2)CCC(O)CC1. The Hall–Kier alpha value is -2.71. The van der Waals surface area contributed by atoms with Crippen molar-refractivity contribution in [2.45, 2.75) is 56.8 Å². The van der Waals surface area contributed by atoms with E-state index in [-0.39, 0.29) is 11.7 Å². The van der Waals surface area contributed by atoms with Crippen LogP contribution in [-0.2, 0) is 10.3 Å². The topological polar surface area (TPSA) is 67.3 Å². The summed E-state index contributed by atoms with van der Waals surface area (Å²) in [6.45, 7) is 1.72. The minimum Gasteiger partial charge on any atom is -0.393 e. The summed E-state index contributed by atoms with van der Waals surface area (Å²) in [5.74, 6) is -0.901. The Bertz CT molecular complexity index is 1100. The summed E-state index contributed by atoms with van der Waals surface area (Å²) < 4.78 is 46.8.